The van der Waals surface area contributed by atoms with E-state index in [4.69, 9.17) is 0 Å². The molecule has 9 heavy (non-hydrogen) atoms. The highest BCUT2D eigenvalue weighted by molar-refractivity contribution is 8.00. The molecule has 1 aliphatic heterocycles. The number of hydrogen-bond acceptors (Lipinski definition) is 3. The van der Waals surface area contributed by atoms with Crippen LogP contribution in [0.4, 0.5) is 0 Å². The number of isocyanates is 1. The van der Waals surface area contributed by atoms with E-state index in [2.05, 4.69) is 11.9 Å². The molecular weight excluding hydrogens is 134 g/mol. The summed E-state index contributed by atoms with van der Waals surface area (Å²) in [6.45, 7) is 2.10. The smallest absolute Gasteiger partial charge is 0.211 e. The van der Waals surface area contributed by atoms with E-state index >= 15 is 0 Å². The zero-order valence-corrected chi connectivity index (χ0v) is 6.15. The fourth-order valence-corrected chi connectivity index (χ4v) is 2.13. The molecule has 0 amide bonds. The van der Waals surface area contributed by atoms with Crippen LogP contribution in [0, 0.1) is 0 Å². The van der Waals surface area contributed by atoms with Crippen LogP contribution in [-0.4, -0.2) is 23.1 Å². The zero-order valence-electron chi connectivity index (χ0n) is 5.33. The van der Waals surface area contributed by atoms with Gasteiger partial charge in [-0.2, -0.15) is 11.8 Å². The Morgan fingerprint density at radius 1 is 1.78 bits per heavy atom. The van der Waals surface area contributed by atoms with Gasteiger partial charge < -0.3 is 0 Å². The second-order valence-electron chi connectivity index (χ2n) is 2.15. The van der Waals surface area contributed by atoms with Crippen molar-refractivity contribution >= 4 is 17.8 Å². The highest BCUT2D eigenvalue weighted by Crippen LogP contribution is 2.27. The monoisotopic (exact) mass is 143 g/mol. The van der Waals surface area contributed by atoms with Gasteiger partial charge in [-0.15, -0.1) is 0 Å². The lowest BCUT2D eigenvalue weighted by Gasteiger charge is -2.03. The SMILES string of the molecule is CC1SCCC1N=C=O. The molecule has 3 heteroatoms. The molecule has 2 atom stereocenters. The van der Waals surface area contributed by atoms with Crippen LogP contribution in [0.3, 0.4) is 0 Å². The first-order chi connectivity index (χ1) is 4.34. The Hall–Kier alpha value is -0.270. The molecule has 0 N–H and O–H groups in total. The number of rotatable bonds is 1. The first-order valence-corrected chi connectivity index (χ1v) is 4.08. The lowest BCUT2D eigenvalue weighted by atomic mass is 10.2. The summed E-state index contributed by atoms with van der Waals surface area (Å²) in [5, 5.41) is 0.520. The summed E-state index contributed by atoms with van der Waals surface area (Å²) in [6, 6.07) is 0.243. The average Bonchev–Trinajstić information content (AvgIpc) is 2.18. The van der Waals surface area contributed by atoms with Crippen LogP contribution in [0.1, 0.15) is 13.3 Å². The molecule has 1 rings (SSSR count). The first-order valence-electron chi connectivity index (χ1n) is 3.03. The summed E-state index contributed by atoms with van der Waals surface area (Å²) >= 11 is 1.87. The van der Waals surface area contributed by atoms with Crippen molar-refractivity contribution in [1.29, 1.82) is 0 Å². The topological polar surface area (TPSA) is 29.4 Å². The fourth-order valence-electron chi connectivity index (χ4n) is 0.958. The molecule has 50 valence electrons. The molecule has 0 bridgehead atoms. The summed E-state index contributed by atoms with van der Waals surface area (Å²) in [5.41, 5.74) is 0. The van der Waals surface area contributed by atoms with Gasteiger partial charge in [0, 0.05) is 5.25 Å². The van der Waals surface area contributed by atoms with Crippen molar-refractivity contribution in [3.8, 4) is 0 Å². The summed E-state index contributed by atoms with van der Waals surface area (Å²) in [6.07, 6.45) is 2.64. The van der Waals surface area contributed by atoms with Crippen LogP contribution in [0.15, 0.2) is 4.99 Å². The van der Waals surface area contributed by atoms with E-state index in [1.54, 1.807) is 6.08 Å². The number of carbonyl (C=O) groups excluding carboxylic acids is 1. The summed E-state index contributed by atoms with van der Waals surface area (Å²) in [4.78, 5) is 13.5. The van der Waals surface area contributed by atoms with Gasteiger partial charge in [0.05, 0.1) is 6.04 Å². The van der Waals surface area contributed by atoms with E-state index in [1.807, 2.05) is 11.8 Å². The van der Waals surface area contributed by atoms with Crippen molar-refractivity contribution in [3.63, 3.8) is 0 Å². The minimum absolute atomic E-state index is 0.243. The Morgan fingerprint density at radius 2 is 2.56 bits per heavy atom. The second kappa shape index (κ2) is 3.04. The lowest BCUT2D eigenvalue weighted by molar-refractivity contribution is 0.555. The number of hydrogen-bond donors (Lipinski definition) is 0. The van der Waals surface area contributed by atoms with Crippen LogP contribution in [-0.2, 0) is 4.79 Å². The Morgan fingerprint density at radius 3 is 3.00 bits per heavy atom. The highest BCUT2D eigenvalue weighted by atomic mass is 32.2. The van der Waals surface area contributed by atoms with Gasteiger partial charge in [-0.05, 0) is 12.2 Å². The molecule has 1 aliphatic rings. The highest BCUT2D eigenvalue weighted by Gasteiger charge is 2.22. The first kappa shape index (κ1) is 6.84. The quantitative estimate of drug-likeness (QED) is 0.408. The number of aliphatic imine (C=N–C) groups is 1. The molecule has 0 aromatic heterocycles. The van der Waals surface area contributed by atoms with E-state index in [0.29, 0.717) is 5.25 Å². The third kappa shape index (κ3) is 1.57. The van der Waals surface area contributed by atoms with Gasteiger partial charge >= 0.3 is 0 Å². The average molecular weight is 143 g/mol. The van der Waals surface area contributed by atoms with E-state index < -0.39 is 0 Å². The van der Waals surface area contributed by atoms with E-state index in [-0.39, 0.29) is 6.04 Å². The predicted octanol–water partition coefficient (Wildman–Crippen LogP) is 1.22. The Labute approximate surface area is 58.7 Å². The van der Waals surface area contributed by atoms with Gasteiger partial charge in [-0.25, -0.2) is 9.79 Å². The number of nitrogens with zero attached hydrogens (tertiary/aromatic N) is 1. The Kier molecular flexibility index (Phi) is 2.31. The van der Waals surface area contributed by atoms with Gasteiger partial charge in [-0.3, -0.25) is 0 Å². The fraction of sp³-hybridized carbons (Fsp3) is 0.833. The predicted molar refractivity (Wildman–Crippen MR) is 38.4 cm³/mol. The van der Waals surface area contributed by atoms with Gasteiger partial charge in [0.15, 0.2) is 0 Å². The standard InChI is InChI=1S/C6H9NOS/c1-5-6(7-4-8)2-3-9-5/h5-6H,2-3H2,1H3. The molecule has 0 radical (unpaired) electrons. The maximum Gasteiger partial charge on any atom is 0.235 e. The summed E-state index contributed by atoms with van der Waals surface area (Å²) in [7, 11) is 0. The van der Waals surface area contributed by atoms with Crippen molar-refractivity contribution in [2.75, 3.05) is 5.75 Å². The maximum absolute atomic E-state index is 9.81. The molecular formula is C6H9NOS. The normalized spacial score (nSPS) is 33.9. The van der Waals surface area contributed by atoms with Crippen LogP contribution in [0.5, 0.6) is 0 Å². The van der Waals surface area contributed by atoms with Crippen molar-refractivity contribution in [2.24, 2.45) is 4.99 Å². The van der Waals surface area contributed by atoms with Crippen molar-refractivity contribution in [2.45, 2.75) is 24.6 Å². The maximum atomic E-state index is 9.81. The van der Waals surface area contributed by atoms with Crippen molar-refractivity contribution < 1.29 is 4.79 Å². The molecule has 0 saturated carbocycles. The van der Waals surface area contributed by atoms with Crippen LogP contribution in [0.2, 0.25) is 0 Å². The molecule has 1 fully saturated rings. The van der Waals surface area contributed by atoms with E-state index in [1.165, 1.54) is 0 Å². The van der Waals surface area contributed by atoms with Crippen molar-refractivity contribution in [3.05, 3.63) is 0 Å². The Balaban J connectivity index is 2.49. The van der Waals surface area contributed by atoms with Crippen LogP contribution in [0.25, 0.3) is 0 Å². The third-order valence-corrected chi connectivity index (χ3v) is 2.87. The summed E-state index contributed by atoms with van der Waals surface area (Å²) < 4.78 is 0. The Bertz CT molecular complexity index is 142. The van der Waals surface area contributed by atoms with Gasteiger partial charge in [0.2, 0.25) is 6.08 Å². The molecule has 0 aliphatic carbocycles. The van der Waals surface area contributed by atoms with Crippen LogP contribution >= 0.6 is 11.8 Å². The van der Waals surface area contributed by atoms with Crippen LogP contribution < -0.4 is 0 Å². The molecule has 0 aromatic carbocycles. The molecule has 2 nitrogen and oxygen atoms in total. The minimum Gasteiger partial charge on any atom is -0.211 e. The third-order valence-electron chi connectivity index (χ3n) is 1.55. The number of thioether (sulfide) groups is 1. The zero-order chi connectivity index (χ0) is 6.69. The molecule has 0 spiro atoms. The second-order valence-corrected chi connectivity index (χ2v) is 3.64. The van der Waals surface area contributed by atoms with Gasteiger partial charge in [0.1, 0.15) is 0 Å². The van der Waals surface area contributed by atoms with E-state index in [9.17, 15) is 4.79 Å². The van der Waals surface area contributed by atoms with Gasteiger partial charge in [0.25, 0.3) is 0 Å². The van der Waals surface area contributed by atoms with Crippen molar-refractivity contribution in [1.82, 2.24) is 0 Å². The summed E-state index contributed by atoms with van der Waals surface area (Å²) in [5.74, 6) is 1.14. The van der Waals surface area contributed by atoms with E-state index in [0.717, 1.165) is 12.2 Å². The molecule has 1 saturated heterocycles. The largest absolute Gasteiger partial charge is 0.235 e. The molecule has 0 aromatic rings. The minimum atomic E-state index is 0.243. The molecule has 1 heterocycles. The lowest BCUT2D eigenvalue weighted by Crippen LogP contribution is -2.10. The van der Waals surface area contributed by atoms with Gasteiger partial charge in [-0.1, -0.05) is 6.92 Å². The molecule has 2 unspecified atom stereocenters.